The molecule has 0 aromatic rings. The van der Waals surface area contributed by atoms with Gasteiger partial charge >= 0.3 is 0 Å². The van der Waals surface area contributed by atoms with Crippen molar-refractivity contribution in [2.45, 2.75) is 59.8 Å². The second-order valence-electron chi connectivity index (χ2n) is 6.50. The lowest BCUT2D eigenvalue weighted by Gasteiger charge is -2.08. The summed E-state index contributed by atoms with van der Waals surface area (Å²) in [5.74, 6) is 0.997. The van der Waals surface area contributed by atoms with Crippen LogP contribution < -0.4 is 0 Å². The Balaban J connectivity index is 3.07. The van der Waals surface area contributed by atoms with Crippen molar-refractivity contribution >= 4 is 5.78 Å². The van der Waals surface area contributed by atoms with Gasteiger partial charge in [-0.15, -0.1) is 0 Å². The molecule has 4 heteroatoms. The molecule has 0 aromatic heterocycles. The van der Waals surface area contributed by atoms with Crippen LogP contribution >= 0.6 is 0 Å². The van der Waals surface area contributed by atoms with Crippen molar-refractivity contribution in [3.05, 3.63) is 0 Å². The number of unbranched alkanes of at least 4 members (excludes halogenated alkanes) is 3. The molecule has 0 saturated carbocycles. The van der Waals surface area contributed by atoms with E-state index in [0.29, 0.717) is 26.4 Å². The van der Waals surface area contributed by atoms with Crippen LogP contribution in [0.1, 0.15) is 59.8 Å². The fraction of sp³-hybridized carbons (Fsp3) is 0.944. The maximum atomic E-state index is 11.3. The van der Waals surface area contributed by atoms with E-state index >= 15 is 0 Å². The van der Waals surface area contributed by atoms with Gasteiger partial charge in [0.1, 0.15) is 6.61 Å². The molecule has 0 heterocycles. The molecule has 0 amide bonds. The summed E-state index contributed by atoms with van der Waals surface area (Å²) in [4.78, 5) is 11.3. The number of hydrogen-bond donors (Lipinski definition) is 0. The number of Topliss-reactive ketones (excluding diaryl/α,β-unsaturated/α-hetero) is 1. The van der Waals surface area contributed by atoms with Gasteiger partial charge in [-0.3, -0.25) is 4.79 Å². The predicted molar refractivity (Wildman–Crippen MR) is 90.2 cm³/mol. The van der Waals surface area contributed by atoms with Crippen molar-refractivity contribution in [3.8, 4) is 0 Å². The Labute approximate surface area is 136 Å². The highest BCUT2D eigenvalue weighted by Gasteiger charge is 2.06. The molecule has 0 bridgehead atoms. The molecule has 0 rings (SSSR count). The molecule has 0 N–H and O–H groups in total. The predicted octanol–water partition coefficient (Wildman–Crippen LogP) is 3.87. The average Bonchev–Trinajstić information content (AvgIpc) is 2.46. The lowest BCUT2D eigenvalue weighted by molar-refractivity contribution is -0.127. The van der Waals surface area contributed by atoms with Crippen LogP contribution in [0.2, 0.25) is 0 Å². The number of hydrogen-bond acceptors (Lipinski definition) is 4. The largest absolute Gasteiger partial charge is 0.379 e. The van der Waals surface area contributed by atoms with Crippen LogP contribution in [0.25, 0.3) is 0 Å². The molecule has 0 aliphatic rings. The van der Waals surface area contributed by atoms with Crippen LogP contribution in [0.4, 0.5) is 0 Å². The molecule has 0 atom stereocenters. The molecule has 0 fully saturated rings. The highest BCUT2D eigenvalue weighted by Crippen LogP contribution is 2.09. The maximum Gasteiger partial charge on any atom is 0.160 e. The topological polar surface area (TPSA) is 44.8 Å². The number of ether oxygens (including phenoxy) is 3. The summed E-state index contributed by atoms with van der Waals surface area (Å²) in [6.07, 6.45) is 6.37. The normalized spacial score (nSPS) is 11.5. The van der Waals surface area contributed by atoms with Crippen molar-refractivity contribution in [1.82, 2.24) is 0 Å². The third kappa shape index (κ3) is 15.9. The van der Waals surface area contributed by atoms with Crippen LogP contribution in [0.5, 0.6) is 0 Å². The van der Waals surface area contributed by atoms with E-state index in [1.165, 1.54) is 25.7 Å². The molecular formula is C18H36O4. The quantitative estimate of drug-likeness (QED) is 0.406. The minimum Gasteiger partial charge on any atom is -0.379 e. The molecule has 0 saturated heterocycles. The van der Waals surface area contributed by atoms with E-state index in [4.69, 9.17) is 14.2 Å². The summed E-state index contributed by atoms with van der Waals surface area (Å²) in [5.41, 5.74) is 0. The first-order chi connectivity index (χ1) is 10.5. The zero-order chi connectivity index (χ0) is 16.6. The van der Waals surface area contributed by atoms with Crippen LogP contribution in [-0.2, 0) is 19.0 Å². The Morgan fingerprint density at radius 3 is 1.86 bits per heavy atom. The first-order valence-corrected chi connectivity index (χ1v) is 8.80. The molecular weight excluding hydrogens is 280 g/mol. The molecule has 0 aliphatic heterocycles. The Kier molecular flexibility index (Phi) is 15.1. The van der Waals surface area contributed by atoms with Crippen LogP contribution in [0.15, 0.2) is 0 Å². The SMILES string of the molecule is CC(C)CCCCCCOCCOCCOCC(=O)C(C)C. The Bertz CT molecular complexity index is 251. The molecule has 0 spiro atoms. The number of rotatable bonds is 16. The first-order valence-electron chi connectivity index (χ1n) is 8.80. The summed E-state index contributed by atoms with van der Waals surface area (Å²) < 4.78 is 16.1. The van der Waals surface area contributed by atoms with Crippen LogP contribution in [0.3, 0.4) is 0 Å². The summed E-state index contributed by atoms with van der Waals surface area (Å²) in [6.45, 7) is 11.5. The summed E-state index contributed by atoms with van der Waals surface area (Å²) >= 11 is 0. The van der Waals surface area contributed by atoms with E-state index in [2.05, 4.69) is 13.8 Å². The van der Waals surface area contributed by atoms with Gasteiger partial charge in [-0.1, -0.05) is 53.4 Å². The second kappa shape index (κ2) is 15.4. The van der Waals surface area contributed by atoms with Gasteiger partial charge in [-0.2, -0.15) is 0 Å². The lowest BCUT2D eigenvalue weighted by Crippen LogP contribution is -2.17. The van der Waals surface area contributed by atoms with Crippen molar-refractivity contribution < 1.29 is 19.0 Å². The zero-order valence-corrected chi connectivity index (χ0v) is 15.1. The third-order valence-electron chi connectivity index (χ3n) is 3.45. The fourth-order valence-electron chi connectivity index (χ4n) is 1.89. The summed E-state index contributed by atoms with van der Waals surface area (Å²) in [6, 6.07) is 0. The van der Waals surface area contributed by atoms with Gasteiger partial charge in [0.2, 0.25) is 0 Å². The minimum absolute atomic E-state index is 0.0414. The second-order valence-corrected chi connectivity index (χ2v) is 6.50. The fourth-order valence-corrected chi connectivity index (χ4v) is 1.89. The number of carbonyl (C=O) groups is 1. The van der Waals surface area contributed by atoms with Gasteiger partial charge in [-0.05, 0) is 12.3 Å². The molecule has 0 radical (unpaired) electrons. The number of carbonyl (C=O) groups excluding carboxylic acids is 1. The summed E-state index contributed by atoms with van der Waals surface area (Å²) in [7, 11) is 0. The van der Waals surface area contributed by atoms with Gasteiger partial charge in [-0.25, -0.2) is 0 Å². The van der Waals surface area contributed by atoms with Gasteiger partial charge in [0, 0.05) is 12.5 Å². The van der Waals surface area contributed by atoms with Crippen molar-refractivity contribution in [2.75, 3.05) is 39.6 Å². The molecule has 22 heavy (non-hydrogen) atoms. The lowest BCUT2D eigenvalue weighted by atomic mass is 10.0. The highest BCUT2D eigenvalue weighted by molar-refractivity contribution is 5.81. The maximum absolute atomic E-state index is 11.3. The monoisotopic (exact) mass is 316 g/mol. The van der Waals surface area contributed by atoms with Crippen LogP contribution in [0, 0.1) is 11.8 Å². The summed E-state index contributed by atoms with van der Waals surface area (Å²) in [5, 5.41) is 0. The molecule has 132 valence electrons. The van der Waals surface area contributed by atoms with Crippen molar-refractivity contribution in [2.24, 2.45) is 11.8 Å². The van der Waals surface area contributed by atoms with E-state index in [-0.39, 0.29) is 18.3 Å². The van der Waals surface area contributed by atoms with E-state index in [9.17, 15) is 4.79 Å². The van der Waals surface area contributed by atoms with Gasteiger partial charge in [0.05, 0.1) is 26.4 Å². The minimum atomic E-state index is 0.0414. The van der Waals surface area contributed by atoms with E-state index in [1.54, 1.807) is 0 Å². The molecule has 4 nitrogen and oxygen atoms in total. The van der Waals surface area contributed by atoms with E-state index in [0.717, 1.165) is 18.9 Å². The van der Waals surface area contributed by atoms with Gasteiger partial charge in [0.25, 0.3) is 0 Å². The molecule has 0 unspecified atom stereocenters. The molecule has 0 aromatic carbocycles. The Morgan fingerprint density at radius 2 is 1.27 bits per heavy atom. The van der Waals surface area contributed by atoms with Gasteiger partial charge < -0.3 is 14.2 Å². The van der Waals surface area contributed by atoms with Crippen LogP contribution in [-0.4, -0.2) is 45.4 Å². The third-order valence-corrected chi connectivity index (χ3v) is 3.45. The first kappa shape index (κ1) is 21.6. The zero-order valence-electron chi connectivity index (χ0n) is 15.1. The number of ketones is 1. The Morgan fingerprint density at radius 1 is 0.727 bits per heavy atom. The van der Waals surface area contributed by atoms with Crippen molar-refractivity contribution in [3.63, 3.8) is 0 Å². The highest BCUT2D eigenvalue weighted by atomic mass is 16.5. The van der Waals surface area contributed by atoms with Gasteiger partial charge in [0.15, 0.2) is 5.78 Å². The van der Waals surface area contributed by atoms with E-state index in [1.807, 2.05) is 13.8 Å². The average molecular weight is 316 g/mol. The van der Waals surface area contributed by atoms with E-state index < -0.39 is 0 Å². The Hall–Kier alpha value is -0.450. The molecule has 0 aliphatic carbocycles. The van der Waals surface area contributed by atoms with Crippen molar-refractivity contribution in [1.29, 1.82) is 0 Å². The standard InChI is InChI=1S/C18H36O4/c1-16(2)9-7-5-6-8-10-20-11-12-21-13-14-22-15-18(19)17(3)4/h16-17H,5-15H2,1-4H3. The smallest absolute Gasteiger partial charge is 0.160 e.